The molecule has 0 unspecified atom stereocenters. The summed E-state index contributed by atoms with van der Waals surface area (Å²) < 4.78 is 13.1. The summed E-state index contributed by atoms with van der Waals surface area (Å²) in [6, 6.07) is 4.32. The number of halogens is 1. The lowest BCUT2D eigenvalue weighted by Crippen LogP contribution is -2.45. The molecule has 26 heavy (non-hydrogen) atoms. The summed E-state index contributed by atoms with van der Waals surface area (Å²) in [7, 11) is 0. The van der Waals surface area contributed by atoms with Crippen LogP contribution in [-0.4, -0.2) is 55.5 Å². The van der Waals surface area contributed by atoms with E-state index in [2.05, 4.69) is 0 Å². The Labute approximate surface area is 156 Å². The zero-order chi connectivity index (χ0) is 19.0. The van der Waals surface area contributed by atoms with Gasteiger partial charge in [0, 0.05) is 0 Å². The van der Waals surface area contributed by atoms with Crippen molar-refractivity contribution in [2.75, 3.05) is 6.54 Å². The number of imide groups is 1. The van der Waals surface area contributed by atoms with E-state index in [1.54, 1.807) is 0 Å². The van der Waals surface area contributed by atoms with Gasteiger partial charge >= 0.3 is 5.97 Å². The normalized spacial score (nSPS) is 22.0. The SMILES string of the molecule is O=C(O)CN1C(=O)C[C@@H](N2C(=O)/C(=C/c3ccc(F)cc3)SC2=S)C1=O. The van der Waals surface area contributed by atoms with Crippen molar-refractivity contribution in [3.05, 3.63) is 40.6 Å². The van der Waals surface area contributed by atoms with Crippen LogP contribution in [0.5, 0.6) is 0 Å². The molecule has 1 N–H and O–H groups in total. The minimum atomic E-state index is -1.33. The second kappa shape index (κ2) is 6.96. The summed E-state index contributed by atoms with van der Waals surface area (Å²) in [6.07, 6.45) is 1.19. The van der Waals surface area contributed by atoms with Crippen LogP contribution in [0.3, 0.4) is 0 Å². The number of nitrogens with zero attached hydrogens (tertiary/aromatic N) is 2. The van der Waals surface area contributed by atoms with Gasteiger partial charge in [0.15, 0.2) is 0 Å². The number of carbonyl (C=O) groups is 4. The van der Waals surface area contributed by atoms with Crippen LogP contribution >= 0.6 is 24.0 Å². The van der Waals surface area contributed by atoms with Crippen LogP contribution in [0.25, 0.3) is 6.08 Å². The molecule has 1 aromatic rings. The number of carbonyl (C=O) groups excluding carboxylic acids is 3. The quantitative estimate of drug-likeness (QED) is 0.466. The standard InChI is InChI=1S/C16H11FN2O5S2/c17-9-3-1-8(2-4-9)5-11-15(24)19(16(25)26-11)10-6-12(20)18(14(10)23)7-13(21)22/h1-5,10H,6-7H2,(H,21,22)/b11-5-/t10-/m1/s1. The van der Waals surface area contributed by atoms with E-state index in [1.165, 1.54) is 30.3 Å². The molecule has 3 amide bonds. The Morgan fingerprint density at radius 1 is 1.31 bits per heavy atom. The molecule has 1 atom stereocenters. The molecule has 2 aliphatic heterocycles. The molecule has 0 aliphatic carbocycles. The molecule has 0 spiro atoms. The second-order valence-corrected chi connectivity index (χ2v) is 7.21. The number of carboxylic acids is 1. The topological polar surface area (TPSA) is 95.0 Å². The average molecular weight is 394 g/mol. The number of hydrogen-bond acceptors (Lipinski definition) is 6. The number of carboxylic acid groups (broad SMARTS) is 1. The van der Waals surface area contributed by atoms with Gasteiger partial charge in [0.05, 0.1) is 11.3 Å². The maximum atomic E-state index is 13.0. The molecule has 7 nitrogen and oxygen atoms in total. The zero-order valence-electron chi connectivity index (χ0n) is 13.0. The zero-order valence-corrected chi connectivity index (χ0v) is 14.7. The van der Waals surface area contributed by atoms with Crippen LogP contribution < -0.4 is 0 Å². The Balaban J connectivity index is 1.83. The molecular weight excluding hydrogens is 383 g/mol. The highest BCUT2D eigenvalue weighted by Gasteiger charge is 2.48. The number of thiocarbonyl (C=S) groups is 1. The summed E-state index contributed by atoms with van der Waals surface area (Å²) in [5.74, 6) is -3.72. The number of benzene rings is 1. The van der Waals surface area contributed by atoms with Crippen molar-refractivity contribution in [1.82, 2.24) is 9.80 Å². The van der Waals surface area contributed by atoms with Gasteiger partial charge in [-0.1, -0.05) is 36.1 Å². The van der Waals surface area contributed by atoms with E-state index in [0.29, 0.717) is 10.5 Å². The fourth-order valence-corrected chi connectivity index (χ4v) is 3.98. The molecule has 2 heterocycles. The summed E-state index contributed by atoms with van der Waals surface area (Å²) in [5, 5.41) is 8.80. The maximum absolute atomic E-state index is 13.0. The highest BCUT2D eigenvalue weighted by molar-refractivity contribution is 8.26. The first-order valence-corrected chi connectivity index (χ1v) is 8.59. The van der Waals surface area contributed by atoms with Crippen LogP contribution in [0.1, 0.15) is 12.0 Å². The number of amides is 3. The third-order valence-corrected chi connectivity index (χ3v) is 5.15. The largest absolute Gasteiger partial charge is 0.480 e. The Bertz CT molecular complexity index is 868. The number of hydrogen-bond donors (Lipinski definition) is 1. The van der Waals surface area contributed by atoms with Gasteiger partial charge in [-0.2, -0.15) is 0 Å². The van der Waals surface area contributed by atoms with Gasteiger partial charge in [-0.25, -0.2) is 4.39 Å². The monoisotopic (exact) mass is 394 g/mol. The molecule has 3 rings (SSSR count). The summed E-state index contributed by atoms with van der Waals surface area (Å²) in [6.45, 7) is -0.756. The first-order valence-electron chi connectivity index (χ1n) is 7.36. The second-order valence-electron chi connectivity index (χ2n) is 5.54. The molecule has 2 fully saturated rings. The van der Waals surface area contributed by atoms with Crippen LogP contribution in [0.2, 0.25) is 0 Å². The predicted molar refractivity (Wildman–Crippen MR) is 94.2 cm³/mol. The fourth-order valence-electron chi connectivity index (χ4n) is 2.63. The molecule has 0 bridgehead atoms. The number of rotatable bonds is 4. The van der Waals surface area contributed by atoms with E-state index in [9.17, 15) is 23.6 Å². The molecule has 10 heteroatoms. The molecule has 0 aromatic heterocycles. The third kappa shape index (κ3) is 3.37. The minimum Gasteiger partial charge on any atom is -0.480 e. The molecule has 1 aromatic carbocycles. The molecular formula is C16H11FN2O5S2. The van der Waals surface area contributed by atoms with E-state index in [0.717, 1.165) is 16.7 Å². The lowest BCUT2D eigenvalue weighted by atomic mass is 10.2. The summed E-state index contributed by atoms with van der Waals surface area (Å²) in [4.78, 5) is 49.6. The third-order valence-electron chi connectivity index (χ3n) is 3.82. The Morgan fingerprint density at radius 2 is 1.96 bits per heavy atom. The van der Waals surface area contributed by atoms with E-state index in [4.69, 9.17) is 17.3 Å². The van der Waals surface area contributed by atoms with Crippen molar-refractivity contribution < 1.29 is 28.7 Å². The lowest BCUT2D eigenvalue weighted by Gasteiger charge is -2.20. The minimum absolute atomic E-state index is 0.103. The Kier molecular flexibility index (Phi) is 4.88. The summed E-state index contributed by atoms with van der Waals surface area (Å²) in [5.41, 5.74) is 0.577. The van der Waals surface area contributed by atoms with Crippen molar-refractivity contribution >= 4 is 58.1 Å². The van der Waals surface area contributed by atoms with Crippen LogP contribution in [0.4, 0.5) is 4.39 Å². The van der Waals surface area contributed by atoms with Crippen molar-refractivity contribution in [2.24, 2.45) is 0 Å². The van der Waals surface area contributed by atoms with Crippen LogP contribution in [-0.2, 0) is 19.2 Å². The first-order chi connectivity index (χ1) is 12.3. The smallest absolute Gasteiger partial charge is 0.323 e. The van der Waals surface area contributed by atoms with E-state index in [-0.39, 0.29) is 15.6 Å². The number of aliphatic carboxylic acids is 1. The first kappa shape index (κ1) is 18.2. The van der Waals surface area contributed by atoms with E-state index < -0.39 is 42.1 Å². The van der Waals surface area contributed by atoms with Crippen molar-refractivity contribution in [1.29, 1.82) is 0 Å². The maximum Gasteiger partial charge on any atom is 0.323 e. The van der Waals surface area contributed by atoms with Gasteiger partial charge in [-0.05, 0) is 23.8 Å². The van der Waals surface area contributed by atoms with Gasteiger partial charge in [-0.15, -0.1) is 0 Å². The molecule has 0 saturated carbocycles. The van der Waals surface area contributed by atoms with Crippen molar-refractivity contribution in [2.45, 2.75) is 12.5 Å². The van der Waals surface area contributed by atoms with Crippen LogP contribution in [0.15, 0.2) is 29.2 Å². The van der Waals surface area contributed by atoms with Gasteiger partial charge in [0.25, 0.3) is 11.8 Å². The highest BCUT2D eigenvalue weighted by Crippen LogP contribution is 2.36. The van der Waals surface area contributed by atoms with Crippen molar-refractivity contribution in [3.8, 4) is 0 Å². The lowest BCUT2D eigenvalue weighted by molar-refractivity contribution is -0.149. The van der Waals surface area contributed by atoms with E-state index in [1.807, 2.05) is 0 Å². The summed E-state index contributed by atoms with van der Waals surface area (Å²) >= 11 is 6.12. The highest BCUT2D eigenvalue weighted by atomic mass is 32.2. The Hall–Kier alpha value is -2.59. The molecule has 134 valence electrons. The van der Waals surface area contributed by atoms with Crippen LogP contribution in [0, 0.1) is 5.82 Å². The Morgan fingerprint density at radius 3 is 2.58 bits per heavy atom. The molecule has 0 radical (unpaired) electrons. The fraction of sp³-hybridized carbons (Fsp3) is 0.188. The van der Waals surface area contributed by atoms with Gasteiger partial charge in [-0.3, -0.25) is 29.0 Å². The van der Waals surface area contributed by atoms with Gasteiger partial charge < -0.3 is 5.11 Å². The predicted octanol–water partition coefficient (Wildman–Crippen LogP) is 1.24. The van der Waals surface area contributed by atoms with E-state index >= 15 is 0 Å². The van der Waals surface area contributed by atoms with Gasteiger partial charge in [0.2, 0.25) is 5.91 Å². The number of likely N-dealkylation sites (tertiary alicyclic amines) is 1. The molecule has 2 aliphatic rings. The molecule has 2 saturated heterocycles. The number of thioether (sulfide) groups is 1. The van der Waals surface area contributed by atoms with Gasteiger partial charge in [0.1, 0.15) is 22.7 Å². The average Bonchev–Trinajstić information content (AvgIpc) is 2.99. The van der Waals surface area contributed by atoms with Crippen molar-refractivity contribution in [3.63, 3.8) is 0 Å².